The Kier molecular flexibility index (Phi) is 6.38. The maximum atomic E-state index is 11.7. The number of aromatic hydroxyl groups is 2. The van der Waals surface area contributed by atoms with Crippen LogP contribution in [0.4, 0.5) is 0 Å². The third-order valence-corrected chi connectivity index (χ3v) is 6.74. The molecule has 0 radical (unpaired) electrons. The predicted octanol–water partition coefficient (Wildman–Crippen LogP) is 9.03. The van der Waals surface area contributed by atoms with Crippen LogP contribution in [0.3, 0.4) is 0 Å². The van der Waals surface area contributed by atoms with Crippen molar-refractivity contribution in [1.82, 2.24) is 0 Å². The highest BCUT2D eigenvalue weighted by atomic mass is 16.3. The lowest BCUT2D eigenvalue weighted by Gasteiger charge is -2.22. The fourth-order valence-electron chi connectivity index (χ4n) is 4.70. The summed E-state index contributed by atoms with van der Waals surface area (Å²) in [6.45, 7) is 13.4. The first-order valence-corrected chi connectivity index (χ1v) is 12.4. The molecule has 0 amide bonds. The van der Waals surface area contributed by atoms with Gasteiger partial charge in [0.1, 0.15) is 11.5 Å². The van der Waals surface area contributed by atoms with Crippen molar-refractivity contribution in [1.29, 1.82) is 0 Å². The molecule has 2 nitrogen and oxygen atoms in total. The summed E-state index contributed by atoms with van der Waals surface area (Å²) in [5.74, 6) is 0.577. The van der Waals surface area contributed by atoms with E-state index in [2.05, 4.69) is 65.8 Å². The molecule has 4 aromatic rings. The number of phenols is 2. The summed E-state index contributed by atoms with van der Waals surface area (Å²) in [6, 6.07) is 20.6. The Hall–Kier alpha value is -3.00. The lowest BCUT2D eigenvalue weighted by Crippen LogP contribution is -2.07. The van der Waals surface area contributed by atoms with E-state index in [1.54, 1.807) is 0 Å². The summed E-state index contributed by atoms with van der Waals surface area (Å²) in [4.78, 5) is 0. The van der Waals surface area contributed by atoms with Crippen molar-refractivity contribution >= 4 is 21.5 Å². The van der Waals surface area contributed by atoms with Gasteiger partial charge in [-0.25, -0.2) is 0 Å². The fraction of sp³-hybridized carbons (Fsp3) is 0.375. The van der Waals surface area contributed by atoms with Gasteiger partial charge < -0.3 is 10.2 Å². The first kappa shape index (κ1) is 24.1. The number of benzene rings is 4. The first-order valence-electron chi connectivity index (χ1n) is 12.4. The van der Waals surface area contributed by atoms with Gasteiger partial charge in [0.25, 0.3) is 0 Å². The zero-order valence-corrected chi connectivity index (χ0v) is 21.5. The molecule has 4 aromatic carbocycles. The molecule has 2 N–H and O–H groups in total. The second-order valence-electron chi connectivity index (χ2n) is 12.1. The Bertz CT molecular complexity index is 1230. The molecule has 0 bridgehead atoms. The monoisotopic (exact) mass is 454 g/mol. The van der Waals surface area contributed by atoms with Crippen molar-refractivity contribution in [3.63, 3.8) is 0 Å². The number of rotatable bonds is 5. The molecule has 178 valence electrons. The van der Waals surface area contributed by atoms with Gasteiger partial charge >= 0.3 is 0 Å². The number of phenolic OH excluding ortho intramolecular Hbond substituents is 2. The highest BCUT2D eigenvalue weighted by Gasteiger charge is 2.23. The van der Waals surface area contributed by atoms with Gasteiger partial charge in [-0.15, -0.1) is 0 Å². The summed E-state index contributed by atoms with van der Waals surface area (Å²) in [6.07, 6.45) is 3.51. The molecule has 0 aromatic heterocycles. The van der Waals surface area contributed by atoms with Crippen LogP contribution in [0, 0.1) is 10.8 Å². The number of aryl methyl sites for hydroxylation is 2. The van der Waals surface area contributed by atoms with Gasteiger partial charge in [-0.05, 0) is 81.3 Å². The summed E-state index contributed by atoms with van der Waals surface area (Å²) >= 11 is 0. The number of hydrogen-bond acceptors (Lipinski definition) is 2. The third-order valence-electron chi connectivity index (χ3n) is 6.74. The average Bonchev–Trinajstić information content (AvgIpc) is 2.76. The van der Waals surface area contributed by atoms with Crippen LogP contribution in [0.5, 0.6) is 11.5 Å². The minimum absolute atomic E-state index is 0.167. The Morgan fingerprint density at radius 3 is 1.26 bits per heavy atom. The highest BCUT2D eigenvalue weighted by molar-refractivity contribution is 6.10. The van der Waals surface area contributed by atoms with Crippen LogP contribution >= 0.6 is 0 Å². The van der Waals surface area contributed by atoms with Crippen LogP contribution in [0.15, 0.2) is 60.7 Å². The Labute approximate surface area is 204 Å². The molecule has 0 spiro atoms. The first-order chi connectivity index (χ1) is 15.9. The maximum Gasteiger partial charge on any atom is 0.127 e. The van der Waals surface area contributed by atoms with Crippen molar-refractivity contribution in [2.24, 2.45) is 10.8 Å². The van der Waals surface area contributed by atoms with Gasteiger partial charge in [0.05, 0.1) is 0 Å². The molecular formula is C32H38O2. The third kappa shape index (κ3) is 5.06. The van der Waals surface area contributed by atoms with Crippen LogP contribution < -0.4 is 0 Å². The van der Waals surface area contributed by atoms with Crippen LogP contribution in [-0.2, 0) is 12.8 Å². The normalized spacial score (nSPS) is 12.5. The molecule has 4 rings (SSSR count). The molecule has 0 saturated carbocycles. The summed E-state index contributed by atoms with van der Waals surface area (Å²) < 4.78 is 0. The van der Waals surface area contributed by atoms with Crippen LogP contribution in [-0.4, -0.2) is 10.2 Å². The number of hydrogen-bond donors (Lipinski definition) is 2. The maximum absolute atomic E-state index is 11.7. The van der Waals surface area contributed by atoms with E-state index >= 15 is 0 Å². The van der Waals surface area contributed by atoms with Crippen LogP contribution in [0.1, 0.15) is 65.5 Å². The van der Waals surface area contributed by atoms with Crippen LogP contribution in [0.25, 0.3) is 32.7 Å². The van der Waals surface area contributed by atoms with Gasteiger partial charge in [0, 0.05) is 11.1 Å². The van der Waals surface area contributed by atoms with Crippen LogP contribution in [0.2, 0.25) is 0 Å². The Balaban J connectivity index is 2.01. The largest absolute Gasteiger partial charge is 0.507 e. The van der Waals surface area contributed by atoms with Gasteiger partial charge in [-0.1, -0.05) is 90.1 Å². The van der Waals surface area contributed by atoms with Gasteiger partial charge in [0.2, 0.25) is 0 Å². The molecule has 0 aliphatic rings. The summed E-state index contributed by atoms with van der Waals surface area (Å²) in [7, 11) is 0. The zero-order chi connectivity index (χ0) is 24.7. The van der Waals surface area contributed by atoms with Crippen molar-refractivity contribution in [3.8, 4) is 22.6 Å². The molecule has 0 unspecified atom stereocenters. The lowest BCUT2D eigenvalue weighted by molar-refractivity contribution is 0.373. The van der Waals surface area contributed by atoms with E-state index in [4.69, 9.17) is 0 Å². The topological polar surface area (TPSA) is 40.5 Å². The standard InChI is InChI=1S/C32H38O2/c1-31(2,3)17-15-23-19-21-11-7-9-13-25(21)27(29(23)33)28-26-14-10-8-12-22(26)20-24(30(28)34)16-18-32(4,5)6/h7-14,19-20,33-34H,15-18H2,1-6H3. The van der Waals surface area contributed by atoms with Gasteiger partial charge in [-0.2, -0.15) is 0 Å². The van der Waals surface area contributed by atoms with E-state index in [1.165, 1.54) is 0 Å². The molecule has 0 aliphatic carbocycles. The number of fused-ring (bicyclic) bond motifs is 2. The second-order valence-corrected chi connectivity index (χ2v) is 12.1. The van der Waals surface area contributed by atoms with Crippen molar-refractivity contribution in [2.75, 3.05) is 0 Å². The van der Waals surface area contributed by atoms with E-state index in [9.17, 15) is 10.2 Å². The summed E-state index contributed by atoms with van der Waals surface area (Å²) in [5, 5.41) is 27.4. The van der Waals surface area contributed by atoms with E-state index in [1.807, 2.05) is 36.4 Å². The molecule has 2 heteroatoms. The minimum atomic E-state index is 0.167. The van der Waals surface area contributed by atoms with E-state index in [-0.39, 0.29) is 22.3 Å². The fourth-order valence-corrected chi connectivity index (χ4v) is 4.70. The highest BCUT2D eigenvalue weighted by Crippen LogP contribution is 2.48. The zero-order valence-electron chi connectivity index (χ0n) is 21.5. The SMILES string of the molecule is CC(C)(C)CCc1cc2ccccc2c(-c2c(O)c(CCC(C)(C)C)cc3ccccc23)c1O. The second kappa shape index (κ2) is 8.98. The van der Waals surface area contributed by atoms with Crippen molar-refractivity contribution in [2.45, 2.75) is 67.2 Å². The van der Waals surface area contributed by atoms with Crippen molar-refractivity contribution in [3.05, 3.63) is 71.8 Å². The Morgan fingerprint density at radius 1 is 0.559 bits per heavy atom. The van der Waals surface area contributed by atoms with E-state index < -0.39 is 0 Å². The minimum Gasteiger partial charge on any atom is -0.507 e. The molecular weight excluding hydrogens is 416 g/mol. The summed E-state index contributed by atoms with van der Waals surface area (Å²) in [5.41, 5.74) is 3.70. The lowest BCUT2D eigenvalue weighted by atomic mass is 9.83. The molecule has 34 heavy (non-hydrogen) atoms. The molecule has 0 aliphatic heterocycles. The smallest absolute Gasteiger partial charge is 0.127 e. The molecule has 0 saturated heterocycles. The molecule has 0 heterocycles. The Morgan fingerprint density at radius 2 is 0.912 bits per heavy atom. The van der Waals surface area contributed by atoms with Crippen molar-refractivity contribution < 1.29 is 10.2 Å². The van der Waals surface area contributed by atoms with Gasteiger partial charge in [-0.3, -0.25) is 0 Å². The predicted molar refractivity (Wildman–Crippen MR) is 146 cm³/mol. The average molecular weight is 455 g/mol. The van der Waals surface area contributed by atoms with E-state index in [0.29, 0.717) is 0 Å². The quantitative estimate of drug-likeness (QED) is 0.316. The van der Waals surface area contributed by atoms with E-state index in [0.717, 1.165) is 69.5 Å². The molecule has 0 fully saturated rings. The van der Waals surface area contributed by atoms with Gasteiger partial charge in [0.15, 0.2) is 0 Å². The molecule has 0 atom stereocenters.